The monoisotopic (exact) mass is 305 g/mol. The van der Waals surface area contributed by atoms with Crippen LogP contribution in [0.5, 0.6) is 0 Å². The predicted octanol–water partition coefficient (Wildman–Crippen LogP) is 3.17. The minimum absolute atomic E-state index is 0.522. The van der Waals surface area contributed by atoms with E-state index in [0.717, 1.165) is 5.39 Å². The van der Waals surface area contributed by atoms with Gasteiger partial charge in [0.1, 0.15) is 11.2 Å². The normalized spacial score (nSPS) is 12.7. The number of nitrogens with one attached hydrogen (secondary N) is 1. The predicted molar refractivity (Wildman–Crippen MR) is 80.3 cm³/mol. The zero-order valence-corrected chi connectivity index (χ0v) is 13.0. The number of fused-ring (bicyclic) bond motifs is 1. The first-order chi connectivity index (χ1) is 10.3. The molecular weight excluding hydrogens is 286 g/mol. The van der Waals surface area contributed by atoms with Crippen LogP contribution in [0, 0.1) is 0 Å². The maximum Gasteiger partial charge on any atom is 0.408 e. The lowest BCUT2D eigenvalue weighted by atomic mass is 10.1. The Morgan fingerprint density at radius 1 is 1.23 bits per heavy atom. The fourth-order valence-electron chi connectivity index (χ4n) is 2.03. The number of amides is 1. The molecule has 0 spiro atoms. The van der Waals surface area contributed by atoms with Gasteiger partial charge in [-0.25, -0.2) is 9.59 Å². The van der Waals surface area contributed by atoms with Crippen LogP contribution in [-0.4, -0.2) is 24.8 Å². The Morgan fingerprint density at radius 2 is 1.91 bits per heavy atom. The molecule has 0 aliphatic carbocycles. The lowest BCUT2D eigenvalue weighted by Gasteiger charge is -2.22. The van der Waals surface area contributed by atoms with Crippen LogP contribution in [-0.2, 0) is 14.3 Å². The van der Waals surface area contributed by atoms with Crippen molar-refractivity contribution in [3.8, 4) is 0 Å². The molecule has 6 nitrogen and oxygen atoms in total. The number of methoxy groups -OCH3 is 1. The summed E-state index contributed by atoms with van der Waals surface area (Å²) in [5.74, 6) is -0.600. The summed E-state index contributed by atoms with van der Waals surface area (Å²) < 4.78 is 15.4. The topological polar surface area (TPSA) is 77.8 Å². The Morgan fingerprint density at radius 3 is 2.55 bits per heavy atom. The highest BCUT2D eigenvalue weighted by atomic mass is 16.6. The summed E-state index contributed by atoms with van der Waals surface area (Å²) in [7, 11) is 1.26. The molecule has 0 fully saturated rings. The summed E-state index contributed by atoms with van der Waals surface area (Å²) >= 11 is 0. The number of rotatable bonds is 3. The average molecular weight is 305 g/mol. The SMILES string of the molecule is COC(=O)[C@H](NC(=O)OC(C)(C)C)c1coc2ccccc12. The Bertz CT molecular complexity index is 683. The van der Waals surface area contributed by atoms with Crippen molar-refractivity contribution in [1.29, 1.82) is 0 Å². The van der Waals surface area contributed by atoms with Crippen molar-refractivity contribution in [3.05, 3.63) is 36.1 Å². The second-order valence-corrected chi connectivity index (χ2v) is 5.79. The molecule has 1 N–H and O–H groups in total. The molecule has 118 valence electrons. The van der Waals surface area contributed by atoms with Gasteiger partial charge in [-0.3, -0.25) is 0 Å². The third kappa shape index (κ3) is 3.58. The molecule has 1 aromatic heterocycles. The molecule has 0 bridgehead atoms. The highest BCUT2D eigenvalue weighted by Gasteiger charge is 2.29. The van der Waals surface area contributed by atoms with Crippen LogP contribution in [0.3, 0.4) is 0 Å². The van der Waals surface area contributed by atoms with Gasteiger partial charge in [0.15, 0.2) is 6.04 Å². The minimum Gasteiger partial charge on any atom is -0.467 e. The van der Waals surface area contributed by atoms with E-state index in [4.69, 9.17) is 13.9 Å². The van der Waals surface area contributed by atoms with Gasteiger partial charge in [-0.15, -0.1) is 0 Å². The molecule has 0 saturated heterocycles. The van der Waals surface area contributed by atoms with E-state index in [1.165, 1.54) is 13.4 Å². The molecule has 1 aromatic carbocycles. The summed E-state index contributed by atoms with van der Waals surface area (Å²) in [5.41, 5.74) is 0.481. The molecule has 0 radical (unpaired) electrons. The van der Waals surface area contributed by atoms with Gasteiger partial charge in [0.05, 0.1) is 13.4 Å². The molecule has 2 rings (SSSR count). The van der Waals surface area contributed by atoms with Crippen LogP contribution in [0.1, 0.15) is 32.4 Å². The van der Waals surface area contributed by atoms with Crippen LogP contribution in [0.25, 0.3) is 11.0 Å². The van der Waals surface area contributed by atoms with Gasteiger partial charge in [0.25, 0.3) is 0 Å². The van der Waals surface area contributed by atoms with Crippen molar-refractivity contribution in [1.82, 2.24) is 5.32 Å². The zero-order chi connectivity index (χ0) is 16.3. The number of furan rings is 1. The maximum absolute atomic E-state index is 12.0. The van der Waals surface area contributed by atoms with Crippen molar-refractivity contribution < 1.29 is 23.5 Å². The summed E-state index contributed by atoms with van der Waals surface area (Å²) in [6.07, 6.45) is 0.733. The number of hydrogen-bond donors (Lipinski definition) is 1. The van der Waals surface area contributed by atoms with Crippen LogP contribution in [0.15, 0.2) is 34.9 Å². The van der Waals surface area contributed by atoms with Crippen molar-refractivity contribution in [3.63, 3.8) is 0 Å². The lowest BCUT2D eigenvalue weighted by Crippen LogP contribution is -2.38. The second-order valence-electron chi connectivity index (χ2n) is 5.79. The fourth-order valence-corrected chi connectivity index (χ4v) is 2.03. The van der Waals surface area contributed by atoms with Crippen LogP contribution < -0.4 is 5.32 Å². The lowest BCUT2D eigenvalue weighted by molar-refractivity contribution is -0.143. The quantitative estimate of drug-likeness (QED) is 0.881. The smallest absolute Gasteiger partial charge is 0.408 e. The summed E-state index contributed by atoms with van der Waals surface area (Å²) in [5, 5.41) is 3.25. The van der Waals surface area contributed by atoms with E-state index in [1.807, 2.05) is 12.1 Å². The summed E-state index contributed by atoms with van der Waals surface area (Å²) in [6.45, 7) is 5.23. The van der Waals surface area contributed by atoms with Crippen molar-refractivity contribution in [2.45, 2.75) is 32.4 Å². The maximum atomic E-state index is 12.0. The van der Waals surface area contributed by atoms with E-state index in [9.17, 15) is 9.59 Å². The van der Waals surface area contributed by atoms with Gasteiger partial charge in [-0.2, -0.15) is 0 Å². The first kappa shape index (κ1) is 15.9. The van der Waals surface area contributed by atoms with E-state index < -0.39 is 23.7 Å². The number of carbonyl (C=O) groups is 2. The van der Waals surface area contributed by atoms with Crippen molar-refractivity contribution in [2.24, 2.45) is 0 Å². The molecule has 0 unspecified atom stereocenters. The number of ether oxygens (including phenoxy) is 2. The van der Waals surface area contributed by atoms with Crippen molar-refractivity contribution in [2.75, 3.05) is 7.11 Å². The minimum atomic E-state index is -0.997. The van der Waals surface area contributed by atoms with Gasteiger partial charge >= 0.3 is 12.1 Å². The van der Waals surface area contributed by atoms with E-state index >= 15 is 0 Å². The van der Waals surface area contributed by atoms with Gasteiger partial charge in [0, 0.05) is 10.9 Å². The first-order valence-electron chi connectivity index (χ1n) is 6.85. The fraction of sp³-hybridized carbons (Fsp3) is 0.375. The van der Waals surface area contributed by atoms with E-state index in [1.54, 1.807) is 32.9 Å². The molecule has 0 aliphatic heterocycles. The largest absolute Gasteiger partial charge is 0.467 e. The van der Waals surface area contributed by atoms with E-state index in [2.05, 4.69) is 5.32 Å². The molecule has 1 amide bonds. The van der Waals surface area contributed by atoms with E-state index in [-0.39, 0.29) is 0 Å². The number of carbonyl (C=O) groups excluding carboxylic acids is 2. The molecule has 0 aliphatic rings. The number of hydrogen-bond acceptors (Lipinski definition) is 5. The molecule has 1 atom stereocenters. The number of benzene rings is 1. The highest BCUT2D eigenvalue weighted by molar-refractivity contribution is 5.90. The number of esters is 1. The van der Waals surface area contributed by atoms with Crippen LogP contribution in [0.4, 0.5) is 4.79 Å². The first-order valence-corrected chi connectivity index (χ1v) is 6.85. The Kier molecular flexibility index (Phi) is 4.40. The number of para-hydroxylation sites is 1. The Labute approximate surface area is 128 Å². The van der Waals surface area contributed by atoms with Gasteiger partial charge in [0.2, 0.25) is 0 Å². The Hall–Kier alpha value is -2.50. The van der Waals surface area contributed by atoms with Gasteiger partial charge < -0.3 is 19.2 Å². The molecule has 6 heteroatoms. The molecule has 22 heavy (non-hydrogen) atoms. The summed E-state index contributed by atoms with van der Waals surface area (Å²) in [6, 6.07) is 6.23. The van der Waals surface area contributed by atoms with Gasteiger partial charge in [-0.05, 0) is 26.8 Å². The third-order valence-corrected chi connectivity index (χ3v) is 2.92. The highest BCUT2D eigenvalue weighted by Crippen LogP contribution is 2.27. The second kappa shape index (κ2) is 6.09. The third-order valence-electron chi connectivity index (χ3n) is 2.92. The number of alkyl carbamates (subject to hydrolysis) is 1. The molecule has 0 saturated carbocycles. The van der Waals surface area contributed by atoms with Crippen LogP contribution >= 0.6 is 0 Å². The van der Waals surface area contributed by atoms with Gasteiger partial charge in [-0.1, -0.05) is 18.2 Å². The molecule has 1 heterocycles. The average Bonchev–Trinajstić information content (AvgIpc) is 2.86. The molecule has 2 aromatic rings. The zero-order valence-electron chi connectivity index (χ0n) is 13.0. The molecular formula is C16H19NO5. The standard InChI is InChI=1S/C16H19NO5/c1-16(2,3)22-15(19)17-13(14(18)20-4)11-9-21-12-8-6-5-7-10(11)12/h5-9,13H,1-4H3,(H,17,19)/t13-/m1/s1. The Balaban J connectivity index is 2.31. The van der Waals surface area contributed by atoms with E-state index in [0.29, 0.717) is 11.1 Å². The van der Waals surface area contributed by atoms with Crippen LogP contribution in [0.2, 0.25) is 0 Å². The van der Waals surface area contributed by atoms with Crippen molar-refractivity contribution >= 4 is 23.0 Å². The summed E-state index contributed by atoms with van der Waals surface area (Å²) in [4.78, 5) is 24.0.